The van der Waals surface area contributed by atoms with Gasteiger partial charge < -0.3 is 14.2 Å². The van der Waals surface area contributed by atoms with E-state index in [0.29, 0.717) is 31.4 Å². The smallest absolute Gasteiger partial charge is 0.252 e. The summed E-state index contributed by atoms with van der Waals surface area (Å²) in [5.41, 5.74) is 0.939. The Labute approximate surface area is 146 Å². The van der Waals surface area contributed by atoms with Crippen molar-refractivity contribution >= 4 is 5.91 Å². The van der Waals surface area contributed by atoms with Crippen LogP contribution in [0.5, 0.6) is 0 Å². The lowest BCUT2D eigenvalue weighted by atomic mass is 10.1. The number of ether oxygens (including phenoxy) is 1. The molecule has 1 unspecified atom stereocenters. The molecule has 2 fully saturated rings. The molecule has 1 atom stereocenters. The molecule has 132 valence electrons. The third-order valence-corrected chi connectivity index (χ3v) is 4.68. The van der Waals surface area contributed by atoms with Crippen LogP contribution in [0, 0.1) is 0 Å². The van der Waals surface area contributed by atoms with E-state index in [0.717, 1.165) is 43.6 Å². The van der Waals surface area contributed by atoms with Crippen LogP contribution in [0.2, 0.25) is 0 Å². The van der Waals surface area contributed by atoms with Crippen LogP contribution in [-0.2, 0) is 22.6 Å². The molecule has 25 heavy (non-hydrogen) atoms. The number of carbonyl (C=O) groups is 1. The minimum atomic E-state index is 0.0165. The number of likely N-dealkylation sites (tertiary alicyclic amines) is 1. The zero-order valence-electron chi connectivity index (χ0n) is 14.1. The van der Waals surface area contributed by atoms with E-state index in [2.05, 4.69) is 15.1 Å². The lowest BCUT2D eigenvalue weighted by molar-refractivity contribution is -0.135. The lowest BCUT2D eigenvalue weighted by Crippen LogP contribution is -2.43. The highest BCUT2D eigenvalue weighted by Gasteiger charge is 2.29. The van der Waals surface area contributed by atoms with Gasteiger partial charge in [-0.05, 0) is 37.3 Å². The van der Waals surface area contributed by atoms with Crippen LogP contribution in [0.3, 0.4) is 0 Å². The molecule has 2 aliphatic rings. The Hall–Kier alpha value is -2.28. The van der Waals surface area contributed by atoms with Crippen molar-refractivity contribution < 1.29 is 14.1 Å². The van der Waals surface area contributed by atoms with Crippen molar-refractivity contribution in [1.29, 1.82) is 0 Å². The fourth-order valence-corrected chi connectivity index (χ4v) is 3.11. The predicted molar refractivity (Wildman–Crippen MR) is 88.6 cm³/mol. The van der Waals surface area contributed by atoms with Gasteiger partial charge in [-0.3, -0.25) is 9.78 Å². The van der Waals surface area contributed by atoms with Gasteiger partial charge in [-0.1, -0.05) is 11.2 Å². The maximum Gasteiger partial charge on any atom is 0.252 e. The van der Waals surface area contributed by atoms with E-state index in [4.69, 9.17) is 9.26 Å². The number of amides is 1. The summed E-state index contributed by atoms with van der Waals surface area (Å²) < 4.78 is 11.1. The molecular formula is C18H22N4O3. The monoisotopic (exact) mass is 342 g/mol. The third kappa shape index (κ3) is 4.22. The SMILES string of the molecule is O=C(Cc1cccnc1)N1CCCC(OCc2nc(C3CC3)no2)C1. The second-order valence-corrected chi connectivity index (χ2v) is 6.77. The van der Waals surface area contributed by atoms with Crippen molar-refractivity contribution in [3.63, 3.8) is 0 Å². The van der Waals surface area contributed by atoms with Gasteiger partial charge in [0, 0.05) is 31.4 Å². The Balaban J connectivity index is 1.27. The van der Waals surface area contributed by atoms with Crippen LogP contribution >= 0.6 is 0 Å². The first-order valence-corrected chi connectivity index (χ1v) is 8.88. The topological polar surface area (TPSA) is 81.4 Å². The molecule has 4 rings (SSSR count). The average Bonchev–Trinajstić information content (AvgIpc) is 3.39. The maximum absolute atomic E-state index is 12.5. The van der Waals surface area contributed by atoms with E-state index in [9.17, 15) is 4.79 Å². The molecule has 7 nitrogen and oxygen atoms in total. The molecule has 3 heterocycles. The average molecular weight is 342 g/mol. The highest BCUT2D eigenvalue weighted by molar-refractivity contribution is 5.78. The highest BCUT2D eigenvalue weighted by atomic mass is 16.5. The molecular weight excluding hydrogens is 320 g/mol. The van der Waals surface area contributed by atoms with Gasteiger partial charge in [0.1, 0.15) is 6.61 Å². The molecule has 0 radical (unpaired) electrons. The van der Waals surface area contributed by atoms with E-state index in [-0.39, 0.29) is 12.0 Å². The molecule has 0 aromatic carbocycles. The fourth-order valence-electron chi connectivity index (χ4n) is 3.11. The number of carbonyl (C=O) groups excluding carboxylic acids is 1. The Bertz CT molecular complexity index is 714. The third-order valence-electron chi connectivity index (χ3n) is 4.68. The first-order chi connectivity index (χ1) is 12.3. The maximum atomic E-state index is 12.5. The summed E-state index contributed by atoms with van der Waals surface area (Å²) in [6, 6.07) is 3.78. The first kappa shape index (κ1) is 16.2. The second-order valence-electron chi connectivity index (χ2n) is 6.77. The number of rotatable bonds is 6. The van der Waals surface area contributed by atoms with Gasteiger partial charge >= 0.3 is 0 Å². The largest absolute Gasteiger partial charge is 0.367 e. The zero-order chi connectivity index (χ0) is 17.1. The van der Waals surface area contributed by atoms with Crippen molar-refractivity contribution in [2.75, 3.05) is 13.1 Å². The standard InChI is InChI=1S/C18H22N4O3/c23-17(9-13-3-1-7-19-10-13)22-8-2-4-15(11-22)24-12-16-20-18(21-25-16)14-5-6-14/h1,3,7,10,14-15H,2,4-6,8-9,11-12H2. The van der Waals surface area contributed by atoms with Gasteiger partial charge in [-0.2, -0.15) is 4.98 Å². The Morgan fingerprint density at radius 3 is 3.08 bits per heavy atom. The van der Waals surface area contributed by atoms with Gasteiger partial charge in [-0.25, -0.2) is 0 Å². The van der Waals surface area contributed by atoms with Gasteiger partial charge in [-0.15, -0.1) is 0 Å². The van der Waals surface area contributed by atoms with Crippen LogP contribution in [0.25, 0.3) is 0 Å². The summed E-state index contributed by atoms with van der Waals surface area (Å²) in [7, 11) is 0. The van der Waals surface area contributed by atoms with Crippen molar-refractivity contribution in [1.82, 2.24) is 20.0 Å². The number of aromatic nitrogens is 3. The Morgan fingerprint density at radius 1 is 1.36 bits per heavy atom. The van der Waals surface area contributed by atoms with E-state index >= 15 is 0 Å². The van der Waals surface area contributed by atoms with E-state index in [1.165, 1.54) is 0 Å². The second kappa shape index (κ2) is 7.31. The van der Waals surface area contributed by atoms with E-state index in [1.54, 1.807) is 12.4 Å². The molecule has 0 spiro atoms. The number of piperidine rings is 1. The van der Waals surface area contributed by atoms with Gasteiger partial charge in [0.05, 0.1) is 12.5 Å². The van der Waals surface area contributed by atoms with Crippen molar-refractivity contribution in [2.45, 2.75) is 50.7 Å². The van der Waals surface area contributed by atoms with E-state index < -0.39 is 0 Å². The number of hydrogen-bond donors (Lipinski definition) is 0. The highest BCUT2D eigenvalue weighted by Crippen LogP contribution is 2.38. The molecule has 1 aliphatic carbocycles. The Kier molecular flexibility index (Phi) is 4.74. The quantitative estimate of drug-likeness (QED) is 0.799. The van der Waals surface area contributed by atoms with Gasteiger partial charge in [0.2, 0.25) is 5.91 Å². The molecule has 0 bridgehead atoms. The molecule has 2 aromatic rings. The summed E-state index contributed by atoms with van der Waals surface area (Å²) in [5, 5.41) is 4.00. The van der Waals surface area contributed by atoms with Crippen LogP contribution < -0.4 is 0 Å². The van der Waals surface area contributed by atoms with Gasteiger partial charge in [0.25, 0.3) is 5.89 Å². The minimum absolute atomic E-state index is 0.0165. The van der Waals surface area contributed by atoms with Crippen LogP contribution in [-0.4, -0.2) is 45.1 Å². The van der Waals surface area contributed by atoms with Crippen LogP contribution in [0.15, 0.2) is 29.0 Å². The van der Waals surface area contributed by atoms with E-state index in [1.807, 2.05) is 17.0 Å². The van der Waals surface area contributed by atoms with Crippen molar-refractivity contribution in [2.24, 2.45) is 0 Å². The van der Waals surface area contributed by atoms with Crippen molar-refractivity contribution in [3.8, 4) is 0 Å². The van der Waals surface area contributed by atoms with Gasteiger partial charge in [0.15, 0.2) is 5.82 Å². The van der Waals surface area contributed by atoms with Crippen LogP contribution in [0.1, 0.15) is 48.9 Å². The summed E-state index contributed by atoms with van der Waals surface area (Å²) >= 11 is 0. The summed E-state index contributed by atoms with van der Waals surface area (Å²) in [4.78, 5) is 22.8. The summed E-state index contributed by atoms with van der Waals surface area (Å²) in [6.07, 6.45) is 8.04. The summed E-state index contributed by atoms with van der Waals surface area (Å²) in [6.45, 7) is 1.71. The molecule has 1 aliphatic heterocycles. The minimum Gasteiger partial charge on any atom is -0.367 e. The number of pyridine rings is 1. The van der Waals surface area contributed by atoms with Crippen LogP contribution in [0.4, 0.5) is 0 Å². The normalized spacial score (nSPS) is 20.6. The molecule has 1 saturated carbocycles. The van der Waals surface area contributed by atoms with Crippen molar-refractivity contribution in [3.05, 3.63) is 41.8 Å². The zero-order valence-corrected chi connectivity index (χ0v) is 14.1. The molecule has 1 amide bonds. The summed E-state index contributed by atoms with van der Waals surface area (Å²) in [5.74, 6) is 1.93. The molecule has 0 N–H and O–H groups in total. The fraction of sp³-hybridized carbons (Fsp3) is 0.556. The predicted octanol–water partition coefficient (Wildman–Crippen LogP) is 2.09. The number of hydrogen-bond acceptors (Lipinski definition) is 6. The molecule has 1 saturated heterocycles. The number of nitrogens with zero attached hydrogens (tertiary/aromatic N) is 4. The lowest BCUT2D eigenvalue weighted by Gasteiger charge is -2.32. The molecule has 7 heteroatoms. The first-order valence-electron chi connectivity index (χ1n) is 8.88. The Morgan fingerprint density at radius 2 is 2.28 bits per heavy atom. The molecule has 2 aromatic heterocycles.